The molecular formula is C21H27N3O2. The van der Waals surface area contributed by atoms with Gasteiger partial charge in [-0.3, -0.25) is 4.90 Å². The minimum Gasteiger partial charge on any atom is -0.462 e. The lowest BCUT2D eigenvalue weighted by molar-refractivity contribution is 0.0526. The molecule has 1 saturated heterocycles. The van der Waals surface area contributed by atoms with Gasteiger partial charge in [0.1, 0.15) is 11.4 Å². The summed E-state index contributed by atoms with van der Waals surface area (Å²) < 4.78 is 5.18. The number of hydrogen-bond acceptors (Lipinski definition) is 5. The minimum atomic E-state index is -0.302. The van der Waals surface area contributed by atoms with Crippen LogP contribution in [0.5, 0.6) is 0 Å². The van der Waals surface area contributed by atoms with E-state index in [0.717, 1.165) is 32.5 Å². The van der Waals surface area contributed by atoms with Crippen LogP contribution in [0, 0.1) is 0 Å². The van der Waals surface area contributed by atoms with E-state index >= 15 is 0 Å². The molecule has 0 spiro atoms. The summed E-state index contributed by atoms with van der Waals surface area (Å²) in [5.41, 5.74) is 1.90. The maximum atomic E-state index is 12.2. The number of carbonyl (C=O) groups is 1. The third kappa shape index (κ3) is 4.41. The first-order valence-corrected chi connectivity index (χ1v) is 9.30. The molecule has 0 unspecified atom stereocenters. The van der Waals surface area contributed by atoms with E-state index in [9.17, 15) is 4.79 Å². The van der Waals surface area contributed by atoms with Crippen LogP contribution in [-0.2, 0) is 11.3 Å². The fourth-order valence-corrected chi connectivity index (χ4v) is 3.53. The van der Waals surface area contributed by atoms with Crippen molar-refractivity contribution in [3.8, 4) is 0 Å². The van der Waals surface area contributed by atoms with Crippen LogP contribution >= 0.6 is 0 Å². The molecule has 1 aliphatic rings. The summed E-state index contributed by atoms with van der Waals surface area (Å²) in [6, 6.07) is 14.5. The highest BCUT2D eigenvalue weighted by Gasteiger charge is 2.26. The van der Waals surface area contributed by atoms with Crippen LogP contribution in [-0.4, -0.2) is 48.6 Å². The molecule has 0 radical (unpaired) electrons. The van der Waals surface area contributed by atoms with Crippen molar-refractivity contribution in [2.75, 3.05) is 31.6 Å². The van der Waals surface area contributed by atoms with Crippen molar-refractivity contribution in [3.63, 3.8) is 0 Å². The number of piperidine rings is 1. The fourth-order valence-electron chi connectivity index (χ4n) is 3.53. The Hall–Kier alpha value is -2.40. The van der Waals surface area contributed by atoms with Gasteiger partial charge in [-0.2, -0.15) is 0 Å². The van der Waals surface area contributed by atoms with Crippen LogP contribution in [0.4, 0.5) is 5.82 Å². The van der Waals surface area contributed by atoms with Crippen molar-refractivity contribution in [2.45, 2.75) is 32.4 Å². The molecule has 0 atom stereocenters. The Bertz CT molecular complexity index is 712. The quantitative estimate of drug-likeness (QED) is 0.745. The van der Waals surface area contributed by atoms with Crippen LogP contribution in [0.15, 0.2) is 48.7 Å². The molecule has 0 N–H and O–H groups in total. The number of aromatic nitrogens is 1. The van der Waals surface area contributed by atoms with Crippen LogP contribution in [0.2, 0.25) is 0 Å². The molecule has 1 aromatic carbocycles. The number of carbonyl (C=O) groups excluding carboxylic acids is 1. The third-order valence-corrected chi connectivity index (χ3v) is 4.97. The molecule has 1 aromatic heterocycles. The second-order valence-electron chi connectivity index (χ2n) is 6.70. The van der Waals surface area contributed by atoms with Crippen LogP contribution in [0.25, 0.3) is 0 Å². The van der Waals surface area contributed by atoms with Gasteiger partial charge in [0.2, 0.25) is 0 Å². The van der Waals surface area contributed by atoms with E-state index in [1.165, 1.54) is 5.56 Å². The average molecular weight is 353 g/mol. The van der Waals surface area contributed by atoms with E-state index in [-0.39, 0.29) is 5.97 Å². The Morgan fingerprint density at radius 2 is 1.92 bits per heavy atom. The normalized spacial score (nSPS) is 15.6. The lowest BCUT2D eigenvalue weighted by Crippen LogP contribution is -2.43. The predicted octanol–water partition coefficient (Wildman–Crippen LogP) is 3.36. The number of anilines is 1. The number of rotatable bonds is 6. The van der Waals surface area contributed by atoms with E-state index in [1.54, 1.807) is 18.3 Å². The SMILES string of the molecule is CCOC(=O)c1cccnc1N(C)C1CCN(Cc2ccccc2)CC1. The number of ether oxygens (including phenoxy) is 1. The molecule has 0 aliphatic carbocycles. The van der Waals surface area contributed by atoms with E-state index < -0.39 is 0 Å². The molecule has 0 bridgehead atoms. The lowest BCUT2D eigenvalue weighted by Gasteiger charge is -2.37. The second kappa shape index (κ2) is 8.81. The maximum absolute atomic E-state index is 12.2. The third-order valence-electron chi connectivity index (χ3n) is 4.97. The lowest BCUT2D eigenvalue weighted by atomic mass is 10.0. The van der Waals surface area contributed by atoms with Crippen LogP contribution < -0.4 is 4.90 Å². The molecule has 5 nitrogen and oxygen atoms in total. The first-order valence-electron chi connectivity index (χ1n) is 9.30. The van der Waals surface area contributed by atoms with Crippen molar-refractivity contribution in [2.24, 2.45) is 0 Å². The number of esters is 1. The zero-order chi connectivity index (χ0) is 18.4. The zero-order valence-electron chi connectivity index (χ0n) is 15.6. The van der Waals surface area contributed by atoms with Crippen molar-refractivity contribution >= 4 is 11.8 Å². The van der Waals surface area contributed by atoms with Gasteiger partial charge in [-0.1, -0.05) is 30.3 Å². The monoisotopic (exact) mass is 353 g/mol. The minimum absolute atomic E-state index is 0.302. The molecule has 5 heteroatoms. The molecule has 26 heavy (non-hydrogen) atoms. The molecule has 1 fully saturated rings. The van der Waals surface area contributed by atoms with Crippen molar-refractivity contribution in [1.82, 2.24) is 9.88 Å². The maximum Gasteiger partial charge on any atom is 0.341 e. The first-order chi connectivity index (χ1) is 12.7. The van der Waals surface area contributed by atoms with Crippen molar-refractivity contribution < 1.29 is 9.53 Å². The van der Waals surface area contributed by atoms with Gasteiger partial charge >= 0.3 is 5.97 Å². The highest BCUT2D eigenvalue weighted by atomic mass is 16.5. The average Bonchev–Trinajstić information content (AvgIpc) is 2.69. The Kier molecular flexibility index (Phi) is 6.23. The van der Waals surface area contributed by atoms with Gasteiger partial charge in [0.05, 0.1) is 6.61 Å². The van der Waals surface area contributed by atoms with Crippen molar-refractivity contribution in [1.29, 1.82) is 0 Å². The number of hydrogen-bond donors (Lipinski definition) is 0. The predicted molar refractivity (Wildman–Crippen MR) is 103 cm³/mol. The van der Waals surface area contributed by atoms with Gasteiger partial charge < -0.3 is 9.64 Å². The Labute approximate surface area is 155 Å². The smallest absolute Gasteiger partial charge is 0.341 e. The van der Waals surface area contributed by atoms with Gasteiger partial charge in [0.25, 0.3) is 0 Å². The molecule has 3 rings (SSSR count). The molecule has 0 amide bonds. The Morgan fingerprint density at radius 3 is 2.62 bits per heavy atom. The zero-order valence-corrected chi connectivity index (χ0v) is 15.6. The van der Waals surface area contributed by atoms with Gasteiger partial charge in [0, 0.05) is 38.9 Å². The van der Waals surface area contributed by atoms with E-state index in [4.69, 9.17) is 4.74 Å². The van der Waals surface area contributed by atoms with E-state index in [1.807, 2.05) is 14.0 Å². The highest BCUT2D eigenvalue weighted by Crippen LogP contribution is 2.24. The van der Waals surface area contributed by atoms with Gasteiger partial charge in [-0.05, 0) is 37.5 Å². The largest absolute Gasteiger partial charge is 0.462 e. The van der Waals surface area contributed by atoms with E-state index in [0.29, 0.717) is 24.0 Å². The van der Waals surface area contributed by atoms with Crippen LogP contribution in [0.3, 0.4) is 0 Å². The summed E-state index contributed by atoms with van der Waals surface area (Å²) in [4.78, 5) is 21.3. The molecule has 2 heterocycles. The Morgan fingerprint density at radius 1 is 1.19 bits per heavy atom. The summed E-state index contributed by atoms with van der Waals surface area (Å²) in [6.45, 7) is 5.28. The highest BCUT2D eigenvalue weighted by molar-refractivity contribution is 5.94. The van der Waals surface area contributed by atoms with E-state index in [2.05, 4.69) is 45.1 Å². The number of benzene rings is 1. The topological polar surface area (TPSA) is 45.7 Å². The summed E-state index contributed by atoms with van der Waals surface area (Å²) in [5.74, 6) is 0.413. The molecular weight excluding hydrogens is 326 g/mol. The summed E-state index contributed by atoms with van der Waals surface area (Å²) >= 11 is 0. The molecule has 2 aromatic rings. The Balaban J connectivity index is 1.62. The van der Waals surface area contributed by atoms with Crippen molar-refractivity contribution in [3.05, 3.63) is 59.8 Å². The number of likely N-dealkylation sites (tertiary alicyclic amines) is 1. The standard InChI is InChI=1S/C21H27N3O2/c1-3-26-21(25)19-10-7-13-22-20(19)23(2)18-11-14-24(15-12-18)16-17-8-5-4-6-9-17/h4-10,13,18H,3,11-12,14-16H2,1-2H3. The molecule has 138 valence electrons. The first kappa shape index (κ1) is 18.4. The van der Waals surface area contributed by atoms with Crippen LogP contribution in [0.1, 0.15) is 35.7 Å². The fraction of sp³-hybridized carbons (Fsp3) is 0.429. The van der Waals surface area contributed by atoms with Gasteiger partial charge in [-0.25, -0.2) is 9.78 Å². The number of pyridine rings is 1. The summed E-state index contributed by atoms with van der Waals surface area (Å²) in [7, 11) is 2.03. The summed E-state index contributed by atoms with van der Waals surface area (Å²) in [5, 5.41) is 0. The van der Waals surface area contributed by atoms with Gasteiger partial charge in [0.15, 0.2) is 0 Å². The summed E-state index contributed by atoms with van der Waals surface area (Å²) in [6.07, 6.45) is 3.85. The molecule has 0 saturated carbocycles. The molecule has 1 aliphatic heterocycles. The number of nitrogens with zero attached hydrogens (tertiary/aromatic N) is 3. The van der Waals surface area contributed by atoms with Gasteiger partial charge in [-0.15, -0.1) is 0 Å². The second-order valence-corrected chi connectivity index (χ2v) is 6.70.